The van der Waals surface area contributed by atoms with E-state index >= 15 is 0 Å². The van der Waals surface area contributed by atoms with Gasteiger partial charge in [0.15, 0.2) is 0 Å². The number of fused-ring (bicyclic) bond motifs is 2. The summed E-state index contributed by atoms with van der Waals surface area (Å²) in [4.78, 5) is 26.5. The molecule has 2 aromatic heterocycles. The Kier molecular flexibility index (Phi) is 7.52. The smallest absolute Gasteiger partial charge is 0.355 e. The van der Waals surface area contributed by atoms with Crippen molar-refractivity contribution in [3.05, 3.63) is 102 Å². The standard InChI is InChI=1S/C32H27N5O4S/c1-3-41-31(38)30-29(20-13-15-25-26(17-20)36-42-35-25)24-18-23(34-32(39)33-22-10-5-4-6-11-22)14-16-27(24)37(30)19-21-9-7-8-12-28(21)40-2/h4-18H,3,19H2,1-2H3,(H2,33,34,39). The summed E-state index contributed by atoms with van der Waals surface area (Å²) < 4.78 is 21.9. The quantitative estimate of drug-likeness (QED) is 0.185. The van der Waals surface area contributed by atoms with E-state index in [1.54, 1.807) is 14.0 Å². The number of carbonyl (C=O) groups is 2. The number of hydrogen-bond acceptors (Lipinski definition) is 7. The van der Waals surface area contributed by atoms with Crippen LogP contribution in [0.25, 0.3) is 33.1 Å². The number of para-hydroxylation sites is 2. The third-order valence-electron chi connectivity index (χ3n) is 6.89. The molecule has 0 bridgehead atoms. The summed E-state index contributed by atoms with van der Waals surface area (Å²) in [5, 5.41) is 6.53. The molecule has 0 spiro atoms. The zero-order chi connectivity index (χ0) is 29.1. The van der Waals surface area contributed by atoms with Gasteiger partial charge in [-0.1, -0.05) is 42.5 Å². The monoisotopic (exact) mass is 577 g/mol. The first-order chi connectivity index (χ1) is 20.6. The number of methoxy groups -OCH3 is 1. The zero-order valence-electron chi connectivity index (χ0n) is 23.0. The van der Waals surface area contributed by atoms with Crippen LogP contribution in [-0.2, 0) is 11.3 Å². The van der Waals surface area contributed by atoms with Crippen LogP contribution in [0.5, 0.6) is 5.75 Å². The number of benzene rings is 4. The molecule has 42 heavy (non-hydrogen) atoms. The highest BCUT2D eigenvalue weighted by Crippen LogP contribution is 2.39. The minimum Gasteiger partial charge on any atom is -0.496 e. The average Bonchev–Trinajstić information content (AvgIpc) is 3.60. The molecule has 0 saturated heterocycles. The van der Waals surface area contributed by atoms with Crippen molar-refractivity contribution in [1.82, 2.24) is 13.3 Å². The number of nitrogens with zero attached hydrogens (tertiary/aromatic N) is 3. The van der Waals surface area contributed by atoms with Crippen LogP contribution in [0.2, 0.25) is 0 Å². The first kappa shape index (κ1) is 27.0. The maximum Gasteiger partial charge on any atom is 0.355 e. The maximum atomic E-state index is 13.7. The number of nitrogens with one attached hydrogen (secondary N) is 2. The first-order valence-corrected chi connectivity index (χ1v) is 14.1. The first-order valence-electron chi connectivity index (χ1n) is 13.4. The van der Waals surface area contributed by atoms with Gasteiger partial charge >= 0.3 is 12.0 Å². The molecule has 0 unspecified atom stereocenters. The third-order valence-corrected chi connectivity index (χ3v) is 7.44. The van der Waals surface area contributed by atoms with Crippen molar-refractivity contribution in [1.29, 1.82) is 0 Å². The lowest BCUT2D eigenvalue weighted by Crippen LogP contribution is -2.19. The predicted molar refractivity (Wildman–Crippen MR) is 165 cm³/mol. The number of hydrogen-bond donors (Lipinski definition) is 2. The Hall–Kier alpha value is -5.22. The lowest BCUT2D eigenvalue weighted by molar-refractivity contribution is 0.0516. The molecular formula is C32H27N5O4S. The molecule has 2 heterocycles. The Bertz CT molecular complexity index is 1920. The van der Waals surface area contributed by atoms with Crippen LogP contribution in [0.15, 0.2) is 91.0 Å². The van der Waals surface area contributed by atoms with Crippen molar-refractivity contribution >= 4 is 57.0 Å². The molecule has 2 amide bonds. The van der Waals surface area contributed by atoms with E-state index in [1.165, 1.54) is 0 Å². The minimum absolute atomic E-state index is 0.218. The van der Waals surface area contributed by atoms with Crippen LogP contribution in [0.1, 0.15) is 23.0 Å². The van der Waals surface area contributed by atoms with Gasteiger partial charge in [0.1, 0.15) is 22.5 Å². The lowest BCUT2D eigenvalue weighted by atomic mass is 10.0. The van der Waals surface area contributed by atoms with Crippen molar-refractivity contribution in [3.8, 4) is 16.9 Å². The summed E-state index contributed by atoms with van der Waals surface area (Å²) >= 11 is 1.13. The van der Waals surface area contributed by atoms with Crippen molar-refractivity contribution in [2.45, 2.75) is 13.5 Å². The lowest BCUT2D eigenvalue weighted by Gasteiger charge is -2.14. The summed E-state index contributed by atoms with van der Waals surface area (Å²) in [5.41, 5.74) is 6.31. The molecular weight excluding hydrogens is 550 g/mol. The molecule has 0 saturated carbocycles. The molecule has 4 aromatic carbocycles. The van der Waals surface area contributed by atoms with E-state index in [4.69, 9.17) is 9.47 Å². The highest BCUT2D eigenvalue weighted by atomic mass is 32.1. The van der Waals surface area contributed by atoms with Crippen LogP contribution in [0.4, 0.5) is 16.2 Å². The number of amides is 2. The van der Waals surface area contributed by atoms with Gasteiger partial charge < -0.3 is 24.7 Å². The van der Waals surface area contributed by atoms with Crippen LogP contribution < -0.4 is 15.4 Å². The Balaban J connectivity index is 1.53. The van der Waals surface area contributed by atoms with Crippen molar-refractivity contribution < 1.29 is 19.1 Å². The topological polar surface area (TPSA) is 107 Å². The van der Waals surface area contributed by atoms with E-state index in [-0.39, 0.29) is 12.6 Å². The molecule has 9 nitrogen and oxygen atoms in total. The second kappa shape index (κ2) is 11.7. The van der Waals surface area contributed by atoms with E-state index in [0.29, 0.717) is 34.9 Å². The van der Waals surface area contributed by atoms with Gasteiger partial charge in [-0.2, -0.15) is 8.75 Å². The molecule has 2 N–H and O–H groups in total. The van der Waals surface area contributed by atoms with Gasteiger partial charge in [0.2, 0.25) is 0 Å². The second-order valence-electron chi connectivity index (χ2n) is 9.49. The van der Waals surface area contributed by atoms with Gasteiger partial charge in [0, 0.05) is 33.4 Å². The Morgan fingerprint density at radius 1 is 0.857 bits per heavy atom. The van der Waals surface area contributed by atoms with Gasteiger partial charge in [0.05, 0.1) is 32.0 Å². The fraction of sp³-hybridized carbons (Fsp3) is 0.125. The number of rotatable bonds is 8. The van der Waals surface area contributed by atoms with Crippen LogP contribution in [0.3, 0.4) is 0 Å². The number of anilines is 2. The highest BCUT2D eigenvalue weighted by Gasteiger charge is 2.26. The van der Waals surface area contributed by atoms with Crippen LogP contribution in [-0.4, -0.2) is 39.0 Å². The molecule has 210 valence electrons. The van der Waals surface area contributed by atoms with Gasteiger partial charge in [-0.15, -0.1) is 0 Å². The van der Waals surface area contributed by atoms with Gasteiger partial charge in [-0.25, -0.2) is 9.59 Å². The van der Waals surface area contributed by atoms with Crippen molar-refractivity contribution in [2.24, 2.45) is 0 Å². The fourth-order valence-electron chi connectivity index (χ4n) is 5.06. The van der Waals surface area contributed by atoms with Gasteiger partial charge in [0.25, 0.3) is 0 Å². The second-order valence-corrected chi connectivity index (χ2v) is 10.0. The van der Waals surface area contributed by atoms with E-state index in [2.05, 4.69) is 19.4 Å². The normalized spacial score (nSPS) is 11.0. The Labute approximate surface area is 246 Å². The number of ether oxygens (including phenoxy) is 2. The molecule has 10 heteroatoms. The summed E-state index contributed by atoms with van der Waals surface area (Å²) in [6.45, 7) is 2.36. The summed E-state index contributed by atoms with van der Waals surface area (Å²) in [5.74, 6) is 0.257. The summed E-state index contributed by atoms with van der Waals surface area (Å²) in [6.07, 6.45) is 0. The van der Waals surface area contributed by atoms with E-state index < -0.39 is 5.97 Å². The van der Waals surface area contributed by atoms with Crippen LogP contribution >= 0.6 is 11.7 Å². The molecule has 0 aliphatic heterocycles. The number of urea groups is 1. The molecule has 0 atom stereocenters. The molecule has 6 rings (SSSR count). The van der Waals surface area contributed by atoms with Gasteiger partial charge in [-0.3, -0.25) is 0 Å². The minimum atomic E-state index is -0.452. The van der Waals surface area contributed by atoms with E-state index in [9.17, 15) is 9.59 Å². The zero-order valence-corrected chi connectivity index (χ0v) is 23.8. The Morgan fingerprint density at radius 2 is 1.62 bits per heavy atom. The van der Waals surface area contributed by atoms with Gasteiger partial charge in [-0.05, 0) is 61.0 Å². The largest absolute Gasteiger partial charge is 0.496 e. The molecule has 0 aliphatic rings. The maximum absolute atomic E-state index is 13.7. The average molecular weight is 578 g/mol. The Morgan fingerprint density at radius 3 is 2.43 bits per heavy atom. The summed E-state index contributed by atoms with van der Waals surface area (Å²) in [6, 6.07) is 27.9. The third kappa shape index (κ3) is 5.27. The number of esters is 1. The molecule has 0 aliphatic carbocycles. The summed E-state index contributed by atoms with van der Waals surface area (Å²) in [7, 11) is 1.62. The van der Waals surface area contributed by atoms with Crippen molar-refractivity contribution in [2.75, 3.05) is 24.4 Å². The number of carbonyl (C=O) groups excluding carboxylic acids is 2. The predicted octanol–water partition coefficient (Wildman–Crippen LogP) is 7.19. The SMILES string of the molecule is CCOC(=O)c1c(-c2ccc3nsnc3c2)c2cc(NC(=O)Nc3ccccc3)ccc2n1Cc1ccccc1OC. The molecule has 6 aromatic rings. The van der Waals surface area contributed by atoms with E-state index in [0.717, 1.165) is 44.8 Å². The van der Waals surface area contributed by atoms with E-state index in [1.807, 2.05) is 95.6 Å². The highest BCUT2D eigenvalue weighted by molar-refractivity contribution is 7.00. The van der Waals surface area contributed by atoms with Crippen molar-refractivity contribution in [3.63, 3.8) is 0 Å². The fourth-order valence-corrected chi connectivity index (χ4v) is 5.57. The molecule has 0 fully saturated rings. The van der Waals surface area contributed by atoms with Crippen LogP contribution in [0, 0.1) is 0 Å². The number of aromatic nitrogens is 3. The molecule has 0 radical (unpaired) electrons.